The third-order valence-electron chi connectivity index (χ3n) is 7.26. The van der Waals surface area contributed by atoms with E-state index in [4.69, 9.17) is 0 Å². The molecule has 0 bridgehead atoms. The van der Waals surface area contributed by atoms with E-state index in [-0.39, 0.29) is 24.8 Å². The first-order valence-corrected chi connectivity index (χ1v) is 15.2. The predicted molar refractivity (Wildman–Crippen MR) is 146 cm³/mol. The van der Waals surface area contributed by atoms with Crippen molar-refractivity contribution in [3.8, 4) is 11.1 Å². The van der Waals surface area contributed by atoms with Crippen molar-refractivity contribution in [1.29, 1.82) is 0 Å². The van der Waals surface area contributed by atoms with E-state index in [2.05, 4.69) is 129 Å². The van der Waals surface area contributed by atoms with Crippen LogP contribution >= 0.6 is 0 Å². The first kappa shape index (κ1) is 27.7. The van der Waals surface area contributed by atoms with Gasteiger partial charge in [-0.25, -0.2) is 0 Å². The molecule has 0 amide bonds. The number of hydrogen-bond acceptors (Lipinski definition) is 0. The Balaban J connectivity index is 0.00000160. The fourth-order valence-electron chi connectivity index (χ4n) is 5.63. The van der Waals surface area contributed by atoms with Gasteiger partial charge in [0.05, 0.1) is 0 Å². The normalized spacial score (nSPS) is 14.7. The quantitative estimate of drug-likeness (QED) is 0.331. The molecular formula is C34H29Cl2Zr. The molecule has 0 saturated heterocycles. The van der Waals surface area contributed by atoms with Gasteiger partial charge in [-0.2, -0.15) is 0 Å². The Morgan fingerprint density at radius 2 is 1.35 bits per heavy atom. The van der Waals surface area contributed by atoms with E-state index in [0.717, 1.165) is 6.42 Å². The molecule has 0 aromatic heterocycles. The number of rotatable bonds is 5. The average molecular weight is 600 g/mol. The van der Waals surface area contributed by atoms with Crippen molar-refractivity contribution in [2.45, 2.75) is 29.8 Å². The summed E-state index contributed by atoms with van der Waals surface area (Å²) >= 11 is -1.12. The van der Waals surface area contributed by atoms with Crippen molar-refractivity contribution in [3.05, 3.63) is 149 Å². The Morgan fingerprint density at radius 1 is 0.730 bits per heavy atom. The summed E-state index contributed by atoms with van der Waals surface area (Å²) in [5.41, 5.74) is 13.3. The number of benzene rings is 4. The molecule has 0 fully saturated rings. The van der Waals surface area contributed by atoms with Gasteiger partial charge in [-0.05, 0) is 0 Å². The molecule has 37 heavy (non-hydrogen) atoms. The standard InChI is InChI=1S/C21H19.C13H10.2ClH.Zr/c1-14(2)17-11-12-19-18-10-6-5-9-16(18)13-20(19)21(17)15-7-3-4-8-15;1-3-7-12(8-4-1)11-13-9-5-2-6-10-13;;;/h3-7,9-14H,8H2,1-2H3;1-10H;2*1H;/q;;;;+2/p-2. The van der Waals surface area contributed by atoms with Gasteiger partial charge in [-0.1, -0.05) is 0 Å². The molecule has 6 rings (SSSR count). The van der Waals surface area contributed by atoms with E-state index in [9.17, 15) is 0 Å². The van der Waals surface area contributed by atoms with Crippen LogP contribution in [0.5, 0.6) is 0 Å². The van der Waals surface area contributed by atoms with Gasteiger partial charge in [-0.15, -0.1) is 0 Å². The van der Waals surface area contributed by atoms with Crippen LogP contribution in [0.4, 0.5) is 0 Å². The van der Waals surface area contributed by atoms with Gasteiger partial charge in [0.25, 0.3) is 0 Å². The summed E-state index contributed by atoms with van der Waals surface area (Å²) in [6, 6.07) is 36.2. The SMILES string of the molecule is CC(C)c1ccc2c(c1C1=CC=CC1)[CH]([Zr+2]=[C](c1ccccc1)c1ccccc1)c1ccccc1-2.[Cl-].[Cl-]. The number of hydrogen-bond donors (Lipinski definition) is 0. The fourth-order valence-corrected chi connectivity index (χ4v) is 10.1. The molecule has 0 aliphatic heterocycles. The van der Waals surface area contributed by atoms with Crippen molar-refractivity contribution in [2.75, 3.05) is 0 Å². The summed E-state index contributed by atoms with van der Waals surface area (Å²) < 4.78 is 2.08. The summed E-state index contributed by atoms with van der Waals surface area (Å²) in [6.07, 6.45) is 7.94. The van der Waals surface area contributed by atoms with Crippen LogP contribution in [0.2, 0.25) is 0 Å². The molecule has 0 N–H and O–H groups in total. The maximum atomic E-state index is 2.42. The second-order valence-electron chi connectivity index (χ2n) is 9.74. The van der Waals surface area contributed by atoms with E-state index in [1.807, 2.05) is 0 Å². The molecular weight excluding hydrogens is 571 g/mol. The van der Waals surface area contributed by atoms with E-state index in [1.165, 1.54) is 44.5 Å². The Bertz CT molecular complexity index is 1440. The van der Waals surface area contributed by atoms with Crippen molar-refractivity contribution < 1.29 is 47.6 Å². The average Bonchev–Trinajstić information content (AvgIpc) is 3.55. The molecule has 1 atom stereocenters. The Kier molecular flexibility index (Phi) is 9.02. The second kappa shape index (κ2) is 12.0. The number of fused-ring (bicyclic) bond motifs is 3. The zero-order chi connectivity index (χ0) is 23.8. The van der Waals surface area contributed by atoms with E-state index in [1.54, 1.807) is 8.77 Å². The van der Waals surface area contributed by atoms with Gasteiger partial charge >= 0.3 is 221 Å². The van der Waals surface area contributed by atoms with Gasteiger partial charge in [0.1, 0.15) is 0 Å². The van der Waals surface area contributed by atoms with Gasteiger partial charge < -0.3 is 24.8 Å². The van der Waals surface area contributed by atoms with Crippen LogP contribution in [0.15, 0.2) is 115 Å². The first-order valence-electron chi connectivity index (χ1n) is 12.6. The Morgan fingerprint density at radius 3 is 1.95 bits per heavy atom. The van der Waals surface area contributed by atoms with Crippen molar-refractivity contribution >= 4 is 8.78 Å². The number of halogens is 2. The minimum absolute atomic E-state index is 0. The Hall–Kier alpha value is -2.31. The molecule has 3 heteroatoms. The zero-order valence-corrected chi connectivity index (χ0v) is 25.1. The predicted octanol–water partition coefficient (Wildman–Crippen LogP) is 2.58. The molecule has 0 heterocycles. The van der Waals surface area contributed by atoms with Crippen LogP contribution in [-0.4, -0.2) is 3.21 Å². The maximum Gasteiger partial charge on any atom is -1.00 e. The third-order valence-corrected chi connectivity index (χ3v) is 11.6. The molecule has 1 unspecified atom stereocenters. The molecule has 2 aliphatic rings. The van der Waals surface area contributed by atoms with Gasteiger partial charge in [0.2, 0.25) is 0 Å². The van der Waals surface area contributed by atoms with Gasteiger partial charge in [-0.3, -0.25) is 0 Å². The van der Waals surface area contributed by atoms with Crippen LogP contribution in [0, 0.1) is 0 Å². The number of allylic oxidation sites excluding steroid dienone is 4. The van der Waals surface area contributed by atoms with Crippen molar-refractivity contribution in [2.24, 2.45) is 0 Å². The van der Waals surface area contributed by atoms with Crippen LogP contribution < -0.4 is 24.8 Å². The molecule has 2 aliphatic carbocycles. The summed E-state index contributed by atoms with van der Waals surface area (Å²) in [4.78, 5) is 0. The molecule has 0 spiro atoms. The van der Waals surface area contributed by atoms with Crippen LogP contribution in [0.1, 0.15) is 63.2 Å². The molecule has 183 valence electrons. The van der Waals surface area contributed by atoms with Crippen molar-refractivity contribution in [3.63, 3.8) is 0 Å². The molecule has 0 nitrogen and oxygen atoms in total. The third kappa shape index (κ3) is 5.20. The van der Waals surface area contributed by atoms with Crippen LogP contribution in [0.3, 0.4) is 0 Å². The zero-order valence-electron chi connectivity index (χ0n) is 21.1. The Labute approximate surface area is 244 Å². The molecule has 4 aromatic rings. The summed E-state index contributed by atoms with van der Waals surface area (Å²) in [7, 11) is 0. The summed E-state index contributed by atoms with van der Waals surface area (Å²) in [6.45, 7) is 4.69. The van der Waals surface area contributed by atoms with Gasteiger partial charge in [0.15, 0.2) is 0 Å². The minimum atomic E-state index is -1.12. The topological polar surface area (TPSA) is 0 Å². The van der Waals surface area contributed by atoms with E-state index < -0.39 is 22.8 Å². The van der Waals surface area contributed by atoms with Crippen LogP contribution in [0.25, 0.3) is 16.7 Å². The summed E-state index contributed by atoms with van der Waals surface area (Å²) in [5.74, 6) is 0.498. The van der Waals surface area contributed by atoms with E-state index in [0.29, 0.717) is 9.54 Å². The molecule has 0 radical (unpaired) electrons. The second-order valence-corrected chi connectivity index (χ2v) is 13.1. The molecule has 0 saturated carbocycles. The molecule has 4 aromatic carbocycles. The van der Waals surface area contributed by atoms with Crippen LogP contribution in [-0.2, 0) is 22.8 Å². The monoisotopic (exact) mass is 597 g/mol. The fraction of sp³-hybridized carbons (Fsp3) is 0.147. The minimum Gasteiger partial charge on any atom is -1.00 e. The van der Waals surface area contributed by atoms with E-state index >= 15 is 0 Å². The smallest absolute Gasteiger partial charge is 1.00 e. The largest absolute Gasteiger partial charge is 1.00 e. The van der Waals surface area contributed by atoms with Crippen molar-refractivity contribution in [1.82, 2.24) is 0 Å². The summed E-state index contributed by atoms with van der Waals surface area (Å²) in [5, 5.41) is 0. The first-order chi connectivity index (χ1) is 17.2. The van der Waals surface area contributed by atoms with Gasteiger partial charge in [0, 0.05) is 0 Å². The maximum absolute atomic E-state index is 2.42.